The Morgan fingerprint density at radius 3 is 2.69 bits per heavy atom. The highest BCUT2D eigenvalue weighted by Gasteiger charge is 2.30. The number of rotatable bonds is 2. The van der Waals surface area contributed by atoms with Crippen molar-refractivity contribution in [2.24, 2.45) is 11.7 Å². The fourth-order valence-electron chi connectivity index (χ4n) is 2.11. The smallest absolute Gasteiger partial charge is 0.254 e. The molecule has 0 bridgehead atoms. The van der Waals surface area contributed by atoms with Crippen molar-refractivity contribution < 1.29 is 4.79 Å². The van der Waals surface area contributed by atoms with Crippen LogP contribution in [0.3, 0.4) is 0 Å². The maximum Gasteiger partial charge on any atom is 0.254 e. The van der Waals surface area contributed by atoms with Gasteiger partial charge in [0.15, 0.2) is 0 Å². The number of nitrogens with two attached hydrogens (primary N) is 1. The van der Waals surface area contributed by atoms with Crippen molar-refractivity contribution in [1.29, 1.82) is 0 Å². The first kappa shape index (κ1) is 11.1. The summed E-state index contributed by atoms with van der Waals surface area (Å²) in [5.41, 5.74) is 8.62. The molecule has 1 aliphatic heterocycles. The van der Waals surface area contributed by atoms with Crippen LogP contribution in [0.4, 0.5) is 0 Å². The monoisotopic (exact) mass is 218 g/mol. The molecule has 0 unspecified atom stereocenters. The second kappa shape index (κ2) is 4.26. The molecule has 1 heterocycles. The van der Waals surface area contributed by atoms with Gasteiger partial charge in [-0.15, -0.1) is 0 Å². The molecule has 1 saturated heterocycles. The van der Waals surface area contributed by atoms with E-state index in [2.05, 4.69) is 0 Å². The van der Waals surface area contributed by atoms with Gasteiger partial charge in [0.1, 0.15) is 0 Å². The molecule has 0 radical (unpaired) electrons. The van der Waals surface area contributed by atoms with E-state index in [0.717, 1.165) is 24.2 Å². The Bertz CT molecular complexity index is 408. The van der Waals surface area contributed by atoms with Gasteiger partial charge >= 0.3 is 0 Å². The molecule has 0 atom stereocenters. The topological polar surface area (TPSA) is 46.3 Å². The molecule has 0 aliphatic carbocycles. The Morgan fingerprint density at radius 2 is 2.12 bits per heavy atom. The van der Waals surface area contributed by atoms with Gasteiger partial charge in [-0.1, -0.05) is 17.7 Å². The minimum absolute atomic E-state index is 0.141. The lowest BCUT2D eigenvalue weighted by Crippen LogP contribution is -2.52. The van der Waals surface area contributed by atoms with E-state index in [-0.39, 0.29) is 5.91 Å². The van der Waals surface area contributed by atoms with Crippen LogP contribution in [0.2, 0.25) is 0 Å². The van der Waals surface area contributed by atoms with Gasteiger partial charge in [0.05, 0.1) is 0 Å². The van der Waals surface area contributed by atoms with E-state index < -0.39 is 0 Å². The zero-order chi connectivity index (χ0) is 11.7. The molecule has 86 valence electrons. The molecular weight excluding hydrogens is 200 g/mol. The van der Waals surface area contributed by atoms with E-state index in [1.54, 1.807) is 0 Å². The largest absolute Gasteiger partial charge is 0.338 e. The van der Waals surface area contributed by atoms with Crippen molar-refractivity contribution >= 4 is 5.91 Å². The Morgan fingerprint density at radius 1 is 1.44 bits per heavy atom. The summed E-state index contributed by atoms with van der Waals surface area (Å²) >= 11 is 0. The third kappa shape index (κ3) is 1.95. The van der Waals surface area contributed by atoms with Crippen LogP contribution in [-0.2, 0) is 0 Å². The van der Waals surface area contributed by atoms with Crippen molar-refractivity contribution in [3.8, 4) is 0 Å². The molecule has 1 fully saturated rings. The lowest BCUT2D eigenvalue weighted by atomic mass is 9.97. The average Bonchev–Trinajstić information content (AvgIpc) is 2.15. The fraction of sp³-hybridized carbons (Fsp3) is 0.462. The van der Waals surface area contributed by atoms with E-state index in [1.165, 1.54) is 5.56 Å². The van der Waals surface area contributed by atoms with Gasteiger partial charge in [-0.05, 0) is 32.0 Å². The Balaban J connectivity index is 2.10. The Hall–Kier alpha value is -1.35. The third-order valence-electron chi connectivity index (χ3n) is 3.19. The molecular formula is C13H18N2O. The molecule has 2 N–H and O–H groups in total. The van der Waals surface area contributed by atoms with E-state index in [0.29, 0.717) is 12.5 Å². The van der Waals surface area contributed by atoms with Crippen LogP contribution in [0.25, 0.3) is 0 Å². The van der Waals surface area contributed by atoms with E-state index >= 15 is 0 Å². The average molecular weight is 218 g/mol. The molecule has 16 heavy (non-hydrogen) atoms. The zero-order valence-electron chi connectivity index (χ0n) is 9.86. The van der Waals surface area contributed by atoms with Crippen LogP contribution in [0.1, 0.15) is 21.5 Å². The highest BCUT2D eigenvalue weighted by Crippen LogP contribution is 2.20. The molecule has 1 aromatic carbocycles. The molecule has 1 aromatic rings. The lowest BCUT2D eigenvalue weighted by molar-refractivity contribution is 0.0514. The number of hydrogen-bond acceptors (Lipinski definition) is 2. The maximum absolute atomic E-state index is 12.1. The van der Waals surface area contributed by atoms with Crippen molar-refractivity contribution in [1.82, 2.24) is 4.90 Å². The Kier molecular flexibility index (Phi) is 2.97. The summed E-state index contributed by atoms with van der Waals surface area (Å²) in [4.78, 5) is 14.0. The minimum atomic E-state index is 0.141. The summed E-state index contributed by atoms with van der Waals surface area (Å²) in [5, 5.41) is 0. The van der Waals surface area contributed by atoms with Crippen LogP contribution in [0.15, 0.2) is 18.2 Å². The second-order valence-electron chi connectivity index (χ2n) is 4.63. The molecule has 0 aromatic heterocycles. The molecule has 2 rings (SSSR count). The fourth-order valence-corrected chi connectivity index (χ4v) is 2.11. The van der Waals surface area contributed by atoms with E-state index in [1.807, 2.05) is 36.9 Å². The molecule has 0 spiro atoms. The predicted octanol–water partition coefficient (Wildman–Crippen LogP) is 1.33. The molecule has 1 aliphatic rings. The van der Waals surface area contributed by atoms with E-state index in [4.69, 9.17) is 5.73 Å². The van der Waals surface area contributed by atoms with Crippen LogP contribution >= 0.6 is 0 Å². The number of carbonyl (C=O) groups excluding carboxylic acids is 1. The van der Waals surface area contributed by atoms with Gasteiger partial charge in [0, 0.05) is 24.6 Å². The number of amides is 1. The molecule has 3 nitrogen and oxygen atoms in total. The first-order chi connectivity index (χ1) is 7.61. The molecule has 1 amide bonds. The number of benzene rings is 1. The van der Waals surface area contributed by atoms with E-state index in [9.17, 15) is 4.79 Å². The quantitative estimate of drug-likeness (QED) is 0.814. The number of aryl methyl sites for hydroxylation is 2. The van der Waals surface area contributed by atoms with Crippen molar-refractivity contribution in [2.75, 3.05) is 19.6 Å². The van der Waals surface area contributed by atoms with Crippen molar-refractivity contribution in [2.45, 2.75) is 13.8 Å². The normalized spacial score (nSPS) is 16.1. The highest BCUT2D eigenvalue weighted by atomic mass is 16.2. The van der Waals surface area contributed by atoms with Gasteiger partial charge in [-0.25, -0.2) is 0 Å². The number of likely N-dealkylation sites (tertiary alicyclic amines) is 1. The lowest BCUT2D eigenvalue weighted by Gasteiger charge is -2.38. The number of nitrogens with zero attached hydrogens (tertiary/aromatic N) is 1. The van der Waals surface area contributed by atoms with Gasteiger partial charge in [-0.2, -0.15) is 0 Å². The van der Waals surface area contributed by atoms with Crippen molar-refractivity contribution in [3.05, 3.63) is 34.9 Å². The van der Waals surface area contributed by atoms with Crippen LogP contribution in [0.5, 0.6) is 0 Å². The van der Waals surface area contributed by atoms with Crippen LogP contribution in [0, 0.1) is 19.8 Å². The SMILES string of the molecule is Cc1ccc(C(=O)N2CC(CN)C2)c(C)c1. The van der Waals surface area contributed by atoms with Crippen molar-refractivity contribution in [3.63, 3.8) is 0 Å². The standard InChI is InChI=1S/C13H18N2O/c1-9-3-4-12(10(2)5-9)13(16)15-7-11(6-14)8-15/h3-5,11H,6-8,14H2,1-2H3. The molecule has 3 heteroatoms. The summed E-state index contributed by atoms with van der Waals surface area (Å²) in [6, 6.07) is 5.95. The summed E-state index contributed by atoms with van der Waals surface area (Å²) in [7, 11) is 0. The minimum Gasteiger partial charge on any atom is -0.338 e. The second-order valence-corrected chi connectivity index (χ2v) is 4.63. The van der Waals surface area contributed by atoms with Gasteiger partial charge in [0.25, 0.3) is 5.91 Å². The maximum atomic E-state index is 12.1. The van der Waals surface area contributed by atoms with Gasteiger partial charge in [-0.3, -0.25) is 4.79 Å². The number of hydrogen-bond donors (Lipinski definition) is 1. The van der Waals surface area contributed by atoms with Crippen LogP contribution in [-0.4, -0.2) is 30.4 Å². The van der Waals surface area contributed by atoms with Crippen LogP contribution < -0.4 is 5.73 Å². The first-order valence-electron chi connectivity index (χ1n) is 5.68. The summed E-state index contributed by atoms with van der Waals surface area (Å²) in [5.74, 6) is 0.636. The summed E-state index contributed by atoms with van der Waals surface area (Å²) in [6.07, 6.45) is 0. The Labute approximate surface area is 96.2 Å². The predicted molar refractivity (Wildman–Crippen MR) is 64.4 cm³/mol. The summed E-state index contributed by atoms with van der Waals surface area (Å²) < 4.78 is 0. The number of carbonyl (C=O) groups is 1. The molecule has 0 saturated carbocycles. The summed E-state index contributed by atoms with van der Waals surface area (Å²) in [6.45, 7) is 6.32. The first-order valence-corrected chi connectivity index (χ1v) is 5.68. The van der Waals surface area contributed by atoms with Gasteiger partial charge < -0.3 is 10.6 Å². The third-order valence-corrected chi connectivity index (χ3v) is 3.19. The van der Waals surface area contributed by atoms with Gasteiger partial charge in [0.2, 0.25) is 0 Å². The zero-order valence-corrected chi connectivity index (χ0v) is 9.86. The highest BCUT2D eigenvalue weighted by molar-refractivity contribution is 5.96.